The Morgan fingerprint density at radius 2 is 0.794 bits per heavy atom. The molecule has 0 bridgehead atoms. The van der Waals surface area contributed by atoms with Gasteiger partial charge in [-0.2, -0.15) is 0 Å². The third-order valence-electron chi connectivity index (χ3n) is 11.7. The summed E-state index contributed by atoms with van der Waals surface area (Å²) in [6.07, 6.45) is 43.3. The van der Waals surface area contributed by atoms with E-state index in [1.165, 1.54) is 210 Å². The molecule has 2 rings (SSSR count). The van der Waals surface area contributed by atoms with Crippen molar-refractivity contribution in [3.63, 3.8) is 0 Å². The second kappa shape index (κ2) is 44.4. The van der Waals surface area contributed by atoms with Gasteiger partial charge in [0.1, 0.15) is 0 Å². The Balaban J connectivity index is 0.00000103. The summed E-state index contributed by atoms with van der Waals surface area (Å²) >= 11 is 8.90. The summed E-state index contributed by atoms with van der Waals surface area (Å²) in [4.78, 5) is 46.3. The lowest BCUT2D eigenvalue weighted by molar-refractivity contribution is -0.131. The van der Waals surface area contributed by atoms with Crippen LogP contribution in [-0.2, 0) is 9.59 Å². The van der Waals surface area contributed by atoms with Crippen molar-refractivity contribution in [1.29, 1.82) is 0 Å². The largest absolute Gasteiger partial charge is 0.475 e. The first-order valence-electron chi connectivity index (χ1n) is 25.3. The van der Waals surface area contributed by atoms with Crippen LogP contribution in [0.3, 0.4) is 0 Å². The van der Waals surface area contributed by atoms with Gasteiger partial charge in [-0.3, -0.25) is 14.4 Å². The van der Waals surface area contributed by atoms with Crippen molar-refractivity contribution >= 4 is 78.0 Å². The lowest BCUT2D eigenvalue weighted by Crippen LogP contribution is -2.34. The van der Waals surface area contributed by atoms with Crippen molar-refractivity contribution in [1.82, 2.24) is 5.32 Å². The average Bonchev–Trinajstić information content (AvgIpc) is 3.93. The Hall–Kier alpha value is -1.40. The minimum atomic E-state index is -1.42. The maximum absolute atomic E-state index is 12.3. The molecule has 0 saturated carbocycles. The van der Waals surface area contributed by atoms with E-state index >= 15 is 0 Å². The molecule has 0 aliphatic heterocycles. The smallest absolute Gasteiger partial charge is 0.378 e. The van der Waals surface area contributed by atoms with Gasteiger partial charge in [0.25, 0.3) is 17.5 Å². The third-order valence-corrected chi connectivity index (χ3v) is 15.0. The number of thiophene rings is 2. The zero-order chi connectivity index (χ0) is 46.8. The van der Waals surface area contributed by atoms with Crippen molar-refractivity contribution in [2.45, 2.75) is 233 Å². The summed E-state index contributed by atoms with van der Waals surface area (Å²) < 4.78 is 1.63. The van der Waals surface area contributed by atoms with Gasteiger partial charge in [-0.15, -0.1) is 22.7 Å². The molecule has 1 amide bonds. The van der Waals surface area contributed by atoms with Crippen LogP contribution in [0.2, 0.25) is 0 Å². The van der Waals surface area contributed by atoms with Gasteiger partial charge in [-0.05, 0) is 100 Å². The molecule has 0 radical (unpaired) electrons. The first-order valence-corrected chi connectivity index (χ1v) is 28.6. The van der Waals surface area contributed by atoms with Crippen LogP contribution in [0.1, 0.15) is 253 Å². The van der Waals surface area contributed by atoms with E-state index in [1.54, 1.807) is 12.1 Å². The Bertz CT molecular complexity index is 1400. The zero-order valence-corrected chi connectivity index (χ0v) is 45.0. The van der Waals surface area contributed by atoms with Crippen LogP contribution >= 0.6 is 54.5 Å². The number of nitrogens with one attached hydrogen (secondary N) is 1. The molecule has 63 heavy (non-hydrogen) atoms. The maximum Gasteiger partial charge on any atom is 0.378 e. The third kappa shape index (κ3) is 36.4. The van der Waals surface area contributed by atoms with Crippen LogP contribution in [-0.4, -0.2) is 41.6 Å². The van der Waals surface area contributed by atoms with Gasteiger partial charge in [0.15, 0.2) is 0 Å². The van der Waals surface area contributed by atoms with Crippen molar-refractivity contribution in [3.8, 4) is 0 Å². The molecule has 2 aromatic heterocycles. The fourth-order valence-corrected chi connectivity index (χ4v) is 10.3. The average molecular weight is 1050 g/mol. The van der Waals surface area contributed by atoms with Gasteiger partial charge in [0.05, 0.1) is 17.3 Å². The molecular formula is C52H90Br2N2O5S2. The minimum absolute atomic E-state index is 0.240. The van der Waals surface area contributed by atoms with E-state index in [1.807, 2.05) is 6.07 Å². The molecule has 0 aromatic carbocycles. The number of hydrogen-bond donors (Lipinski definition) is 3. The second-order valence-electron chi connectivity index (χ2n) is 17.5. The molecule has 2 heterocycles. The monoisotopic (exact) mass is 1040 g/mol. The molecular weight excluding hydrogens is 957 g/mol. The van der Waals surface area contributed by atoms with Gasteiger partial charge in [0.2, 0.25) is 0 Å². The Morgan fingerprint density at radius 3 is 1.08 bits per heavy atom. The zero-order valence-electron chi connectivity index (χ0n) is 40.2. The highest BCUT2D eigenvalue weighted by molar-refractivity contribution is 9.11. The topological polar surface area (TPSA) is 127 Å². The Morgan fingerprint density at radius 1 is 0.492 bits per heavy atom. The number of rotatable bonds is 39. The number of carbonyl (C=O) groups excluding carboxylic acids is 3. The van der Waals surface area contributed by atoms with E-state index in [9.17, 15) is 19.2 Å². The second-order valence-corrected chi connectivity index (χ2v) is 22.4. The number of carbonyl (C=O) groups is 4. The standard InChI is InChI=1S/C26H44BrNO2S.C20H43N.C6H3BrO3S/c1-3-5-7-9-11-12-14-16-18-22(17-15-13-10-8-6-4-2)21-28-26(30)25(29)23-19-20-24(27)31-23;1-3-5-7-9-11-12-14-16-18-20(19-21)17-15-13-10-8-6-4-2;7-4-2-1-3(11-4)5(8)6(9)10/h19-20,22H,3-18,21H2,1-2H3,(H,28,30);20H,3-19,21H2,1-2H3;1-2H,(H,9,10). The van der Waals surface area contributed by atoms with Gasteiger partial charge >= 0.3 is 5.97 Å². The number of nitrogens with two attached hydrogens (primary N) is 1. The number of unbranched alkanes of at least 4 members (excludes halogenated alkanes) is 24. The molecule has 0 spiro atoms. The van der Waals surface area contributed by atoms with Crippen molar-refractivity contribution < 1.29 is 24.3 Å². The predicted octanol–water partition coefficient (Wildman–Crippen LogP) is 17.3. The van der Waals surface area contributed by atoms with Crippen LogP contribution in [0.5, 0.6) is 0 Å². The number of halogens is 2. The number of carboxylic acid groups (broad SMARTS) is 1. The normalized spacial score (nSPS) is 11.9. The van der Waals surface area contributed by atoms with Gasteiger partial charge in [-0.25, -0.2) is 4.79 Å². The number of hydrogen-bond acceptors (Lipinski definition) is 7. The summed E-state index contributed by atoms with van der Waals surface area (Å²) in [6, 6.07) is 6.64. The molecule has 0 saturated heterocycles. The quantitative estimate of drug-likeness (QED) is 0.0348. The highest BCUT2D eigenvalue weighted by Crippen LogP contribution is 2.24. The van der Waals surface area contributed by atoms with Crippen molar-refractivity contribution in [2.75, 3.05) is 13.1 Å². The van der Waals surface area contributed by atoms with E-state index in [4.69, 9.17) is 10.8 Å². The van der Waals surface area contributed by atoms with Gasteiger partial charge in [0, 0.05) is 6.54 Å². The summed E-state index contributed by atoms with van der Waals surface area (Å²) in [7, 11) is 0. The molecule has 364 valence electrons. The molecule has 0 fully saturated rings. The fourth-order valence-electron chi connectivity index (χ4n) is 7.70. The van der Waals surface area contributed by atoms with Crippen LogP contribution in [0.15, 0.2) is 31.8 Å². The van der Waals surface area contributed by atoms with Crippen LogP contribution in [0.4, 0.5) is 0 Å². The summed E-state index contributed by atoms with van der Waals surface area (Å²) in [5.74, 6) is -1.87. The number of ketones is 2. The van der Waals surface area contributed by atoms with E-state index in [2.05, 4.69) is 64.9 Å². The summed E-state index contributed by atoms with van der Waals surface area (Å²) in [5.41, 5.74) is 5.93. The van der Waals surface area contributed by atoms with Crippen LogP contribution in [0, 0.1) is 11.8 Å². The first kappa shape index (κ1) is 61.6. The first-order chi connectivity index (χ1) is 30.5. The van der Waals surface area contributed by atoms with E-state index < -0.39 is 23.4 Å². The van der Waals surface area contributed by atoms with Crippen LogP contribution < -0.4 is 11.1 Å². The highest BCUT2D eigenvalue weighted by Gasteiger charge is 2.20. The van der Waals surface area contributed by atoms with Gasteiger partial charge in [-0.1, -0.05) is 207 Å². The van der Waals surface area contributed by atoms with Crippen molar-refractivity contribution in [2.24, 2.45) is 17.6 Å². The molecule has 4 N–H and O–H groups in total. The number of Topliss-reactive ketones (excluding diaryl/α,β-unsaturated/α-hetero) is 2. The lowest BCUT2D eigenvalue weighted by Gasteiger charge is -2.17. The maximum atomic E-state index is 12.3. The molecule has 7 nitrogen and oxygen atoms in total. The molecule has 2 atom stereocenters. The lowest BCUT2D eigenvalue weighted by atomic mass is 9.94. The predicted molar refractivity (Wildman–Crippen MR) is 280 cm³/mol. The highest BCUT2D eigenvalue weighted by atomic mass is 79.9. The molecule has 11 heteroatoms. The number of amides is 1. The molecule has 0 aliphatic carbocycles. The minimum Gasteiger partial charge on any atom is -0.475 e. The molecule has 2 aromatic rings. The van der Waals surface area contributed by atoms with Crippen LogP contribution in [0.25, 0.3) is 0 Å². The number of carboxylic acids is 1. The summed E-state index contributed by atoms with van der Waals surface area (Å²) in [6.45, 7) is 10.6. The molecule has 0 aliphatic rings. The van der Waals surface area contributed by atoms with Crippen molar-refractivity contribution in [3.05, 3.63) is 41.6 Å². The summed E-state index contributed by atoms with van der Waals surface area (Å²) in [5, 5.41) is 11.2. The Labute approximate surface area is 410 Å². The molecule has 2 unspecified atom stereocenters. The van der Waals surface area contributed by atoms with E-state index in [0.29, 0.717) is 17.3 Å². The SMILES string of the molecule is CCCCCCCCCCC(CCCCCCCC)CNC(=O)C(=O)c1ccc(Br)s1.CCCCCCCCCCC(CN)CCCCCCCC.O=C(O)C(=O)c1ccc(Br)s1. The number of aliphatic carboxylic acids is 1. The Kier molecular flexibility index (Phi) is 43.4. The fraction of sp³-hybridized carbons (Fsp3) is 0.769. The van der Waals surface area contributed by atoms with Gasteiger partial charge < -0.3 is 16.2 Å². The van der Waals surface area contributed by atoms with E-state index in [0.717, 1.165) is 44.2 Å². The van der Waals surface area contributed by atoms with E-state index in [-0.39, 0.29) is 4.88 Å².